The summed E-state index contributed by atoms with van der Waals surface area (Å²) in [4.78, 5) is 10.8. The van der Waals surface area contributed by atoms with Crippen LogP contribution in [0, 0.1) is 0 Å². The van der Waals surface area contributed by atoms with Crippen LogP contribution in [0.5, 0.6) is 0 Å². The highest BCUT2D eigenvalue weighted by atomic mass is 32.2. The molecule has 2 rings (SSSR count). The lowest BCUT2D eigenvalue weighted by Crippen LogP contribution is -2.47. The fraction of sp³-hybridized carbons (Fsp3) is 0.417. The molecule has 0 aromatic heterocycles. The van der Waals surface area contributed by atoms with E-state index in [9.17, 15) is 26.4 Å². The SMILES string of the molecule is CC(=O)c1ccc(S(=O)(=O)NC2(C(F)(F)F)CC2)cc1. The summed E-state index contributed by atoms with van der Waals surface area (Å²) in [5.74, 6) is -0.254. The van der Waals surface area contributed by atoms with Gasteiger partial charge in [0.15, 0.2) is 5.78 Å². The summed E-state index contributed by atoms with van der Waals surface area (Å²) in [6, 6.07) is 4.77. The first kappa shape index (κ1) is 15.0. The summed E-state index contributed by atoms with van der Waals surface area (Å²) in [6.45, 7) is 1.31. The lowest BCUT2D eigenvalue weighted by molar-refractivity contribution is -0.160. The molecule has 0 spiro atoms. The molecule has 0 saturated heterocycles. The molecule has 1 aliphatic carbocycles. The van der Waals surface area contributed by atoms with Gasteiger partial charge in [-0.1, -0.05) is 12.1 Å². The summed E-state index contributed by atoms with van der Waals surface area (Å²) >= 11 is 0. The van der Waals surface area contributed by atoms with Crippen molar-refractivity contribution in [3.63, 3.8) is 0 Å². The van der Waals surface area contributed by atoms with E-state index in [0.29, 0.717) is 5.56 Å². The van der Waals surface area contributed by atoms with Crippen molar-refractivity contribution in [2.45, 2.75) is 36.4 Å². The number of alkyl halides is 3. The first-order valence-corrected chi connectivity index (χ1v) is 7.27. The zero-order valence-corrected chi connectivity index (χ0v) is 11.3. The van der Waals surface area contributed by atoms with Gasteiger partial charge in [-0.15, -0.1) is 0 Å². The zero-order chi connectivity index (χ0) is 15.2. The van der Waals surface area contributed by atoms with Gasteiger partial charge in [0.1, 0.15) is 5.54 Å². The second-order valence-electron chi connectivity index (χ2n) is 4.77. The summed E-state index contributed by atoms with van der Waals surface area (Å²) in [6.07, 6.45) is -5.14. The molecule has 0 aliphatic heterocycles. The fourth-order valence-corrected chi connectivity index (χ4v) is 3.20. The highest BCUT2D eigenvalue weighted by molar-refractivity contribution is 7.89. The highest BCUT2D eigenvalue weighted by Gasteiger charge is 2.65. The molecule has 1 aliphatic rings. The number of ketones is 1. The van der Waals surface area contributed by atoms with E-state index in [-0.39, 0.29) is 23.5 Å². The Morgan fingerprint density at radius 2 is 1.70 bits per heavy atom. The summed E-state index contributed by atoms with van der Waals surface area (Å²) in [5, 5.41) is 0. The molecule has 110 valence electrons. The molecule has 0 atom stereocenters. The van der Waals surface area contributed by atoms with Crippen LogP contribution >= 0.6 is 0 Å². The number of rotatable bonds is 4. The third-order valence-electron chi connectivity index (χ3n) is 3.19. The van der Waals surface area contributed by atoms with Gasteiger partial charge in [0.05, 0.1) is 4.90 Å². The van der Waals surface area contributed by atoms with Crippen LogP contribution in [0.3, 0.4) is 0 Å². The molecular formula is C12H12F3NO3S. The monoisotopic (exact) mass is 307 g/mol. The number of hydrogen-bond acceptors (Lipinski definition) is 3. The van der Waals surface area contributed by atoms with Gasteiger partial charge in [-0.25, -0.2) is 8.42 Å². The normalized spacial score (nSPS) is 17.8. The Hall–Kier alpha value is -1.41. The number of carbonyl (C=O) groups excluding carboxylic acids is 1. The highest BCUT2D eigenvalue weighted by Crippen LogP contribution is 2.49. The third kappa shape index (κ3) is 2.71. The van der Waals surface area contributed by atoms with Crippen LogP contribution in [0.15, 0.2) is 29.2 Å². The van der Waals surface area contributed by atoms with E-state index in [1.807, 2.05) is 0 Å². The average Bonchev–Trinajstić information content (AvgIpc) is 3.09. The van der Waals surface area contributed by atoms with Gasteiger partial charge in [-0.2, -0.15) is 17.9 Å². The van der Waals surface area contributed by atoms with Gasteiger partial charge in [0, 0.05) is 5.56 Å². The van der Waals surface area contributed by atoms with E-state index >= 15 is 0 Å². The number of Topliss-reactive ketones (excluding diaryl/α,β-unsaturated/α-hetero) is 1. The van der Waals surface area contributed by atoms with E-state index in [2.05, 4.69) is 0 Å². The van der Waals surface area contributed by atoms with Crippen molar-refractivity contribution >= 4 is 15.8 Å². The first-order valence-electron chi connectivity index (χ1n) is 5.79. The zero-order valence-electron chi connectivity index (χ0n) is 10.5. The van der Waals surface area contributed by atoms with E-state index in [1.54, 1.807) is 4.72 Å². The lowest BCUT2D eigenvalue weighted by Gasteiger charge is -2.20. The molecular weight excluding hydrogens is 295 g/mol. The maximum Gasteiger partial charge on any atom is 0.407 e. The maximum absolute atomic E-state index is 12.7. The van der Waals surface area contributed by atoms with E-state index < -0.39 is 21.7 Å². The molecule has 1 N–H and O–H groups in total. The van der Waals surface area contributed by atoms with Crippen molar-refractivity contribution in [3.8, 4) is 0 Å². The molecule has 0 heterocycles. The predicted octanol–water partition coefficient (Wildman–Crippen LogP) is 2.26. The minimum absolute atomic E-state index is 0.254. The molecule has 8 heteroatoms. The van der Waals surface area contributed by atoms with Crippen LogP contribution in [0.1, 0.15) is 30.1 Å². The molecule has 0 amide bonds. The first-order chi connectivity index (χ1) is 9.07. The molecule has 4 nitrogen and oxygen atoms in total. The van der Waals surface area contributed by atoms with Crippen LogP contribution < -0.4 is 4.72 Å². The fourth-order valence-electron chi connectivity index (χ4n) is 1.75. The minimum Gasteiger partial charge on any atom is -0.295 e. The number of hydrogen-bond donors (Lipinski definition) is 1. The topological polar surface area (TPSA) is 63.2 Å². The van der Waals surface area contributed by atoms with Gasteiger partial charge in [-0.05, 0) is 31.9 Å². The summed E-state index contributed by atoms with van der Waals surface area (Å²) in [5.41, 5.74) is -2.05. The average molecular weight is 307 g/mol. The Morgan fingerprint density at radius 3 is 2.05 bits per heavy atom. The molecule has 1 aromatic rings. The smallest absolute Gasteiger partial charge is 0.295 e. The van der Waals surface area contributed by atoms with Crippen LogP contribution in [0.25, 0.3) is 0 Å². The number of carbonyl (C=O) groups is 1. The van der Waals surface area contributed by atoms with Gasteiger partial charge in [0.25, 0.3) is 0 Å². The second-order valence-corrected chi connectivity index (χ2v) is 6.45. The van der Waals surface area contributed by atoms with Gasteiger partial charge in [0.2, 0.25) is 10.0 Å². The Bertz CT molecular complexity index is 631. The quantitative estimate of drug-likeness (QED) is 0.868. The van der Waals surface area contributed by atoms with E-state index in [1.165, 1.54) is 19.1 Å². The van der Waals surface area contributed by atoms with Crippen molar-refractivity contribution in [2.24, 2.45) is 0 Å². The number of sulfonamides is 1. The van der Waals surface area contributed by atoms with Crippen LogP contribution in [0.4, 0.5) is 13.2 Å². The van der Waals surface area contributed by atoms with Crippen molar-refractivity contribution in [2.75, 3.05) is 0 Å². The molecule has 20 heavy (non-hydrogen) atoms. The van der Waals surface area contributed by atoms with Crippen molar-refractivity contribution in [1.82, 2.24) is 4.72 Å². The number of nitrogens with one attached hydrogen (secondary N) is 1. The molecule has 1 saturated carbocycles. The van der Waals surface area contributed by atoms with Crippen molar-refractivity contribution in [3.05, 3.63) is 29.8 Å². The van der Waals surface area contributed by atoms with Gasteiger partial charge >= 0.3 is 6.18 Å². The Kier molecular flexibility index (Phi) is 3.42. The third-order valence-corrected chi connectivity index (χ3v) is 4.75. The summed E-state index contributed by atoms with van der Waals surface area (Å²) in [7, 11) is -4.26. The van der Waals surface area contributed by atoms with E-state index in [4.69, 9.17) is 0 Å². The molecule has 0 radical (unpaired) electrons. The minimum atomic E-state index is -4.61. The molecule has 1 fully saturated rings. The van der Waals surface area contributed by atoms with E-state index in [0.717, 1.165) is 12.1 Å². The van der Waals surface area contributed by atoms with Crippen molar-refractivity contribution in [1.29, 1.82) is 0 Å². The molecule has 1 aromatic carbocycles. The Morgan fingerprint density at radius 1 is 1.20 bits per heavy atom. The summed E-state index contributed by atoms with van der Waals surface area (Å²) < 4.78 is 63.8. The standard InChI is InChI=1S/C12H12F3NO3S/c1-8(17)9-2-4-10(5-3-9)20(18,19)16-11(6-7-11)12(13,14)15/h2-5,16H,6-7H2,1H3. The molecule has 0 unspecified atom stereocenters. The molecule has 0 bridgehead atoms. The number of halogens is 3. The largest absolute Gasteiger partial charge is 0.407 e. The predicted molar refractivity (Wildman–Crippen MR) is 64.8 cm³/mol. The second kappa shape index (κ2) is 4.56. The van der Waals surface area contributed by atoms with Gasteiger partial charge in [-0.3, -0.25) is 4.79 Å². The van der Waals surface area contributed by atoms with Gasteiger partial charge < -0.3 is 0 Å². The lowest BCUT2D eigenvalue weighted by atomic mass is 10.2. The van der Waals surface area contributed by atoms with Crippen LogP contribution in [-0.2, 0) is 10.0 Å². The van der Waals surface area contributed by atoms with Crippen LogP contribution in [0.2, 0.25) is 0 Å². The van der Waals surface area contributed by atoms with Crippen molar-refractivity contribution < 1.29 is 26.4 Å². The van der Waals surface area contributed by atoms with Crippen LogP contribution in [-0.4, -0.2) is 25.9 Å². The Balaban J connectivity index is 2.26. The number of benzene rings is 1. The Labute approximate surface area is 114 Å². The maximum atomic E-state index is 12.7.